The Morgan fingerprint density at radius 2 is 1.91 bits per heavy atom. The molecule has 0 bridgehead atoms. The third-order valence-corrected chi connectivity index (χ3v) is 11.4. The Bertz CT molecular complexity index is 823. The molecule has 0 aliphatic heterocycles. The predicted octanol–water partition coefficient (Wildman–Crippen LogP) is 5.88. The normalized spacial score (nSPS) is 17.4. The fourth-order valence-corrected chi connectivity index (χ4v) is 7.19. The standard InChI is InChI=1S/C27H40O4Si/c1-8-20-32(9-2,10-3)31-25(26(6,28)27(17-18-27)22(4)5)12-11-19-30-21-23-13-15-24(29-7)16-14-23/h8,13-16,25,28H,1,4,9-10,17-21H2,2-3,5-7H3/t25-,26-/m0/s1. The van der Waals surface area contributed by atoms with E-state index >= 15 is 0 Å². The number of aliphatic hydroxyl groups is 1. The van der Waals surface area contributed by atoms with E-state index in [1.807, 2.05) is 44.2 Å². The van der Waals surface area contributed by atoms with E-state index in [-0.39, 0.29) is 12.0 Å². The predicted molar refractivity (Wildman–Crippen MR) is 134 cm³/mol. The molecule has 176 valence electrons. The van der Waals surface area contributed by atoms with Gasteiger partial charge in [-0.15, -0.1) is 6.58 Å². The molecule has 1 fully saturated rings. The van der Waals surface area contributed by atoms with Crippen molar-refractivity contribution in [2.24, 2.45) is 5.41 Å². The molecule has 4 nitrogen and oxygen atoms in total. The van der Waals surface area contributed by atoms with Crippen molar-refractivity contribution in [3.63, 3.8) is 0 Å². The van der Waals surface area contributed by atoms with Crippen molar-refractivity contribution in [1.29, 1.82) is 0 Å². The van der Waals surface area contributed by atoms with Crippen LogP contribution in [0.5, 0.6) is 5.75 Å². The highest BCUT2D eigenvalue weighted by Gasteiger charge is 2.61. The van der Waals surface area contributed by atoms with Gasteiger partial charge in [-0.05, 0) is 62.5 Å². The van der Waals surface area contributed by atoms with Crippen LogP contribution in [-0.4, -0.2) is 38.8 Å². The third kappa shape index (κ3) is 5.93. The summed E-state index contributed by atoms with van der Waals surface area (Å²) in [7, 11) is -0.445. The smallest absolute Gasteiger partial charge is 0.197 e. The Labute approximate surface area is 195 Å². The monoisotopic (exact) mass is 456 g/mol. The van der Waals surface area contributed by atoms with Crippen molar-refractivity contribution in [2.45, 2.75) is 77.0 Å². The molecular weight excluding hydrogens is 416 g/mol. The SMILES string of the molecule is C=CC[Si](CC)(CC)O[C@@H](C#CCOCc1ccc(OC)cc1)[C@](C)(O)C1(C(=C)C)CC1. The van der Waals surface area contributed by atoms with Gasteiger partial charge in [0, 0.05) is 5.41 Å². The van der Waals surface area contributed by atoms with Gasteiger partial charge in [-0.2, -0.15) is 0 Å². The van der Waals surface area contributed by atoms with Gasteiger partial charge in [0.15, 0.2) is 8.32 Å². The number of benzene rings is 1. The van der Waals surface area contributed by atoms with Crippen LogP contribution in [0.15, 0.2) is 49.1 Å². The number of hydrogen-bond donors (Lipinski definition) is 1. The first-order valence-electron chi connectivity index (χ1n) is 11.6. The number of ether oxygens (including phenoxy) is 2. The molecule has 1 saturated carbocycles. The van der Waals surface area contributed by atoms with Crippen molar-refractivity contribution < 1.29 is 19.0 Å². The average Bonchev–Trinajstić information content (AvgIpc) is 3.61. The van der Waals surface area contributed by atoms with Gasteiger partial charge < -0.3 is 19.0 Å². The summed E-state index contributed by atoms with van der Waals surface area (Å²) in [6, 6.07) is 10.5. The molecule has 1 aromatic rings. The van der Waals surface area contributed by atoms with E-state index < -0.39 is 20.0 Å². The van der Waals surface area contributed by atoms with Gasteiger partial charge in [0.25, 0.3) is 0 Å². The molecule has 2 rings (SSSR count). The molecule has 1 N–H and O–H groups in total. The van der Waals surface area contributed by atoms with Crippen LogP contribution in [0.25, 0.3) is 0 Å². The van der Waals surface area contributed by atoms with Gasteiger partial charge >= 0.3 is 0 Å². The maximum atomic E-state index is 11.7. The summed E-state index contributed by atoms with van der Waals surface area (Å²) in [4.78, 5) is 0. The van der Waals surface area contributed by atoms with Crippen LogP contribution < -0.4 is 4.74 Å². The van der Waals surface area contributed by atoms with E-state index in [1.165, 1.54) is 0 Å². The minimum atomic E-state index is -2.10. The van der Waals surface area contributed by atoms with E-state index in [4.69, 9.17) is 13.9 Å². The van der Waals surface area contributed by atoms with Gasteiger partial charge in [-0.25, -0.2) is 0 Å². The molecule has 0 heterocycles. The highest BCUT2D eigenvalue weighted by atomic mass is 28.4. The molecule has 1 aliphatic carbocycles. The van der Waals surface area contributed by atoms with E-state index in [9.17, 15) is 5.11 Å². The lowest BCUT2D eigenvalue weighted by atomic mass is 9.77. The number of methoxy groups -OCH3 is 1. The molecule has 5 heteroatoms. The topological polar surface area (TPSA) is 47.9 Å². The molecular formula is C27H40O4Si. The lowest BCUT2D eigenvalue weighted by molar-refractivity contribution is -0.0699. The summed E-state index contributed by atoms with van der Waals surface area (Å²) in [5.41, 5.74) is 0.621. The van der Waals surface area contributed by atoms with Crippen LogP contribution in [0.3, 0.4) is 0 Å². The Kier molecular flexibility index (Phi) is 9.36. The summed E-state index contributed by atoms with van der Waals surface area (Å²) < 4.78 is 17.7. The Balaban J connectivity index is 2.16. The van der Waals surface area contributed by atoms with Crippen LogP contribution >= 0.6 is 0 Å². The number of rotatable bonds is 13. The van der Waals surface area contributed by atoms with Crippen molar-refractivity contribution in [3.05, 3.63) is 54.6 Å². The second-order valence-corrected chi connectivity index (χ2v) is 13.5. The van der Waals surface area contributed by atoms with Gasteiger partial charge in [-0.3, -0.25) is 0 Å². The van der Waals surface area contributed by atoms with Gasteiger partial charge in [0.2, 0.25) is 0 Å². The van der Waals surface area contributed by atoms with Gasteiger partial charge in [-0.1, -0.05) is 56.0 Å². The average molecular weight is 457 g/mol. The molecule has 1 aliphatic rings. The zero-order valence-electron chi connectivity index (χ0n) is 20.5. The van der Waals surface area contributed by atoms with Crippen molar-refractivity contribution in [1.82, 2.24) is 0 Å². The fraction of sp³-hybridized carbons (Fsp3) is 0.556. The Morgan fingerprint density at radius 1 is 1.28 bits per heavy atom. The van der Waals surface area contributed by atoms with Crippen LogP contribution in [0.4, 0.5) is 0 Å². The van der Waals surface area contributed by atoms with E-state index in [2.05, 4.69) is 38.8 Å². The Hall–Kier alpha value is -1.84. The molecule has 0 saturated heterocycles. The zero-order valence-corrected chi connectivity index (χ0v) is 21.5. The van der Waals surface area contributed by atoms with E-state index in [0.717, 1.165) is 47.9 Å². The van der Waals surface area contributed by atoms with Crippen LogP contribution in [0, 0.1) is 17.3 Å². The van der Waals surface area contributed by atoms with E-state index in [0.29, 0.717) is 6.61 Å². The Morgan fingerprint density at radius 3 is 2.38 bits per heavy atom. The summed E-state index contributed by atoms with van der Waals surface area (Å²) >= 11 is 0. The van der Waals surface area contributed by atoms with Gasteiger partial charge in [0.05, 0.1) is 13.7 Å². The molecule has 0 spiro atoms. The van der Waals surface area contributed by atoms with Gasteiger partial charge in [0.1, 0.15) is 24.1 Å². The second-order valence-electron chi connectivity index (χ2n) is 9.05. The summed E-state index contributed by atoms with van der Waals surface area (Å²) in [5.74, 6) is 7.18. The third-order valence-electron chi connectivity index (χ3n) is 7.05. The first-order valence-corrected chi connectivity index (χ1v) is 14.1. The highest BCUT2D eigenvalue weighted by Crippen LogP contribution is 2.60. The molecule has 0 unspecified atom stereocenters. The molecule has 2 atom stereocenters. The first kappa shape index (κ1) is 26.4. The molecule has 0 radical (unpaired) electrons. The highest BCUT2D eigenvalue weighted by molar-refractivity contribution is 6.74. The number of allylic oxidation sites excluding steroid dienone is 1. The molecule has 0 amide bonds. The summed E-state index contributed by atoms with van der Waals surface area (Å²) in [5, 5.41) is 11.7. The van der Waals surface area contributed by atoms with Crippen LogP contribution in [0.1, 0.15) is 46.1 Å². The van der Waals surface area contributed by atoms with Crippen LogP contribution in [0.2, 0.25) is 18.1 Å². The molecule has 1 aromatic carbocycles. The lowest BCUT2D eigenvalue weighted by Crippen LogP contribution is -2.54. The molecule has 0 aromatic heterocycles. The quantitative estimate of drug-likeness (QED) is 0.174. The fourth-order valence-electron chi connectivity index (χ4n) is 4.37. The maximum absolute atomic E-state index is 11.7. The minimum absolute atomic E-state index is 0.274. The summed E-state index contributed by atoms with van der Waals surface area (Å²) in [6.07, 6.45) is 3.19. The molecule has 32 heavy (non-hydrogen) atoms. The van der Waals surface area contributed by atoms with E-state index in [1.54, 1.807) is 7.11 Å². The lowest BCUT2D eigenvalue weighted by Gasteiger charge is -2.42. The summed E-state index contributed by atoms with van der Waals surface area (Å²) in [6.45, 7) is 17.0. The van der Waals surface area contributed by atoms with Crippen molar-refractivity contribution in [2.75, 3.05) is 13.7 Å². The first-order chi connectivity index (χ1) is 15.2. The maximum Gasteiger partial charge on any atom is 0.197 e. The van der Waals surface area contributed by atoms with Crippen molar-refractivity contribution in [3.8, 4) is 17.6 Å². The van der Waals surface area contributed by atoms with Crippen LogP contribution in [-0.2, 0) is 15.8 Å². The largest absolute Gasteiger partial charge is 0.497 e. The second kappa shape index (κ2) is 11.3. The van der Waals surface area contributed by atoms with Crippen molar-refractivity contribution >= 4 is 8.32 Å². The zero-order chi connectivity index (χ0) is 23.8. The minimum Gasteiger partial charge on any atom is -0.497 e. The number of hydrogen-bond acceptors (Lipinski definition) is 4.